The maximum absolute atomic E-state index is 12.1. The van der Waals surface area contributed by atoms with Gasteiger partial charge in [-0.3, -0.25) is 9.69 Å². The van der Waals surface area contributed by atoms with Crippen molar-refractivity contribution in [2.75, 3.05) is 17.3 Å². The second-order valence-electron chi connectivity index (χ2n) is 7.58. The molecule has 2 unspecified atom stereocenters. The Kier molecular flexibility index (Phi) is 5.38. The molecule has 1 saturated heterocycles. The minimum atomic E-state index is -1.15. The quantitative estimate of drug-likeness (QED) is 0.260. The second-order valence-corrected chi connectivity index (χ2v) is 9.63. The van der Waals surface area contributed by atoms with Gasteiger partial charge in [0.15, 0.2) is 0 Å². The summed E-state index contributed by atoms with van der Waals surface area (Å²) in [5, 5.41) is 22.7. The van der Waals surface area contributed by atoms with E-state index in [1.54, 1.807) is 4.68 Å². The van der Waals surface area contributed by atoms with Crippen molar-refractivity contribution in [3.8, 4) is 17.2 Å². The number of nitrogen functional groups attached to an aromatic ring is 1. The molecule has 11 nitrogen and oxygen atoms in total. The lowest BCUT2D eigenvalue weighted by molar-refractivity contribution is -0.147. The molecule has 0 aliphatic carbocycles. The van der Waals surface area contributed by atoms with Crippen LogP contribution in [0.25, 0.3) is 17.2 Å². The first kappa shape index (κ1) is 21.6. The van der Waals surface area contributed by atoms with Gasteiger partial charge in [0.1, 0.15) is 17.1 Å². The summed E-state index contributed by atoms with van der Waals surface area (Å²) in [5.41, 5.74) is 8.99. The lowest BCUT2D eigenvalue weighted by atomic mass is 10.0. The van der Waals surface area contributed by atoms with E-state index in [0.29, 0.717) is 28.2 Å². The van der Waals surface area contributed by atoms with Gasteiger partial charge in [0.2, 0.25) is 11.1 Å². The van der Waals surface area contributed by atoms with Crippen molar-refractivity contribution >= 4 is 35.4 Å². The molecule has 0 saturated carbocycles. The van der Waals surface area contributed by atoms with Gasteiger partial charge < -0.3 is 16.7 Å². The van der Waals surface area contributed by atoms with E-state index in [1.165, 1.54) is 33.1 Å². The molecular weight excluding hydrogens is 464 g/mol. The van der Waals surface area contributed by atoms with Gasteiger partial charge in [-0.25, -0.2) is 9.47 Å². The average molecular weight is 485 g/mol. The first-order valence-corrected chi connectivity index (χ1v) is 12.0. The third-order valence-electron chi connectivity index (χ3n) is 5.40. The van der Waals surface area contributed by atoms with Gasteiger partial charge in [-0.1, -0.05) is 42.1 Å². The van der Waals surface area contributed by atoms with E-state index in [-0.39, 0.29) is 17.0 Å². The van der Waals surface area contributed by atoms with Gasteiger partial charge in [-0.2, -0.15) is 9.78 Å². The molecule has 2 aromatic heterocycles. The lowest BCUT2D eigenvalue weighted by Gasteiger charge is -2.48. The van der Waals surface area contributed by atoms with Gasteiger partial charge in [0.05, 0.1) is 11.4 Å². The van der Waals surface area contributed by atoms with Crippen LogP contribution in [0.15, 0.2) is 52.8 Å². The van der Waals surface area contributed by atoms with Crippen LogP contribution in [0.1, 0.15) is 5.69 Å². The van der Waals surface area contributed by atoms with Crippen molar-refractivity contribution in [2.24, 2.45) is 5.73 Å². The third-order valence-corrected chi connectivity index (χ3v) is 7.79. The van der Waals surface area contributed by atoms with Crippen LogP contribution in [0.3, 0.4) is 0 Å². The molecule has 33 heavy (non-hydrogen) atoms. The minimum absolute atomic E-state index is 0.00433. The Labute approximate surface area is 196 Å². The van der Waals surface area contributed by atoms with Crippen molar-refractivity contribution in [1.82, 2.24) is 29.6 Å². The standard InChI is InChI=1S/C20H20N8O3S2/c1-10-7-13(11-5-3-2-4-6-11)28(25-10)19-23-24-20(27(19)22)33-9-12-8-32-17-14(21)16(29)26(17)15(12)18(30)31/h2-7,14,17H,8-9,21-22H2,1H3,(H,30,31). The van der Waals surface area contributed by atoms with Gasteiger partial charge in [-0.05, 0) is 18.6 Å². The number of carboxylic acid groups (broad SMARTS) is 1. The number of nitrogens with two attached hydrogens (primary N) is 2. The zero-order valence-electron chi connectivity index (χ0n) is 17.5. The number of rotatable bonds is 6. The monoisotopic (exact) mass is 484 g/mol. The highest BCUT2D eigenvalue weighted by atomic mass is 32.2. The Hall–Kier alpha value is -3.29. The number of aromatic nitrogens is 5. The van der Waals surface area contributed by atoms with Crippen LogP contribution >= 0.6 is 23.5 Å². The molecule has 2 aliphatic rings. The molecule has 0 radical (unpaired) electrons. The number of amides is 1. The number of aliphatic carboxylic acids is 1. The van der Waals surface area contributed by atoms with Crippen molar-refractivity contribution in [3.05, 3.63) is 53.4 Å². The summed E-state index contributed by atoms with van der Waals surface area (Å²) in [5.74, 6) is 5.85. The van der Waals surface area contributed by atoms with Gasteiger partial charge in [0, 0.05) is 17.1 Å². The number of thioether (sulfide) groups is 2. The summed E-state index contributed by atoms with van der Waals surface area (Å²) in [7, 11) is 0. The zero-order valence-corrected chi connectivity index (χ0v) is 19.1. The zero-order chi connectivity index (χ0) is 23.3. The smallest absolute Gasteiger partial charge is 0.352 e. The Morgan fingerprint density at radius 1 is 1.30 bits per heavy atom. The van der Waals surface area contributed by atoms with Crippen molar-refractivity contribution in [3.63, 3.8) is 0 Å². The summed E-state index contributed by atoms with van der Waals surface area (Å²) < 4.78 is 2.96. The molecule has 1 fully saturated rings. The number of hydrogen-bond acceptors (Lipinski definition) is 9. The fourth-order valence-corrected chi connectivity index (χ4v) is 6.10. The number of benzene rings is 1. The summed E-state index contributed by atoms with van der Waals surface area (Å²) >= 11 is 2.70. The number of hydrogen-bond donors (Lipinski definition) is 3. The van der Waals surface area contributed by atoms with Gasteiger partial charge in [-0.15, -0.1) is 22.0 Å². The minimum Gasteiger partial charge on any atom is -0.477 e. The third kappa shape index (κ3) is 3.57. The van der Waals surface area contributed by atoms with E-state index in [4.69, 9.17) is 11.6 Å². The molecule has 4 heterocycles. The summed E-state index contributed by atoms with van der Waals surface area (Å²) in [6.45, 7) is 1.88. The van der Waals surface area contributed by atoms with E-state index >= 15 is 0 Å². The lowest BCUT2D eigenvalue weighted by Crippen LogP contribution is -2.68. The van der Waals surface area contributed by atoms with Crippen LogP contribution in [0.4, 0.5) is 0 Å². The summed E-state index contributed by atoms with van der Waals surface area (Å²) in [6, 6.07) is 11.0. The second kappa shape index (κ2) is 8.24. The first-order chi connectivity index (χ1) is 15.9. The van der Waals surface area contributed by atoms with Crippen LogP contribution in [0, 0.1) is 6.92 Å². The molecule has 1 aromatic carbocycles. The predicted molar refractivity (Wildman–Crippen MR) is 124 cm³/mol. The number of β-lactam (4-membered cyclic amide) rings is 1. The topological polar surface area (TPSA) is 158 Å². The van der Waals surface area contributed by atoms with Crippen molar-refractivity contribution in [1.29, 1.82) is 0 Å². The Morgan fingerprint density at radius 2 is 2.06 bits per heavy atom. The van der Waals surface area contributed by atoms with Crippen LogP contribution in [-0.2, 0) is 9.59 Å². The Bertz CT molecular complexity index is 1290. The number of fused-ring (bicyclic) bond motifs is 1. The highest BCUT2D eigenvalue weighted by Gasteiger charge is 2.51. The summed E-state index contributed by atoms with van der Waals surface area (Å²) in [4.78, 5) is 25.3. The SMILES string of the molecule is Cc1cc(-c2ccccc2)n(-c2nnc(SCC3=C(C(=O)O)N4C(=O)C(N)C4SC3)n2N)n1. The number of aryl methyl sites for hydroxylation is 1. The molecule has 2 atom stereocenters. The maximum Gasteiger partial charge on any atom is 0.352 e. The number of nitrogens with zero attached hydrogens (tertiary/aromatic N) is 6. The molecule has 5 N–H and O–H groups in total. The number of carbonyl (C=O) groups excluding carboxylic acids is 1. The molecule has 1 amide bonds. The fourth-order valence-electron chi connectivity index (χ4n) is 3.82. The highest BCUT2D eigenvalue weighted by molar-refractivity contribution is 8.01. The van der Waals surface area contributed by atoms with E-state index in [0.717, 1.165) is 17.0 Å². The van der Waals surface area contributed by atoms with Crippen molar-refractivity contribution in [2.45, 2.75) is 23.5 Å². The van der Waals surface area contributed by atoms with E-state index in [1.807, 2.05) is 43.3 Å². The van der Waals surface area contributed by atoms with Crippen LogP contribution < -0.4 is 11.6 Å². The van der Waals surface area contributed by atoms with Crippen LogP contribution in [0.2, 0.25) is 0 Å². The molecule has 170 valence electrons. The molecule has 3 aromatic rings. The Balaban J connectivity index is 1.42. The molecule has 0 bridgehead atoms. The van der Waals surface area contributed by atoms with Gasteiger partial charge >= 0.3 is 5.97 Å². The molecular formula is C20H20N8O3S2. The summed E-state index contributed by atoms with van der Waals surface area (Å²) in [6.07, 6.45) is 0. The molecule has 5 rings (SSSR count). The van der Waals surface area contributed by atoms with Crippen molar-refractivity contribution < 1.29 is 14.7 Å². The highest BCUT2D eigenvalue weighted by Crippen LogP contribution is 2.40. The van der Waals surface area contributed by atoms with Crippen LogP contribution in [0.5, 0.6) is 0 Å². The normalized spacial score (nSPS) is 20.1. The Morgan fingerprint density at radius 3 is 2.79 bits per heavy atom. The van der Waals surface area contributed by atoms with E-state index in [9.17, 15) is 14.7 Å². The molecule has 2 aliphatic heterocycles. The number of carbonyl (C=O) groups is 2. The largest absolute Gasteiger partial charge is 0.477 e. The van der Waals surface area contributed by atoms with Gasteiger partial charge in [0.25, 0.3) is 5.95 Å². The average Bonchev–Trinajstić information content (AvgIpc) is 3.38. The number of carboxylic acids is 1. The first-order valence-electron chi connectivity index (χ1n) is 9.98. The molecule has 0 spiro atoms. The fraction of sp³-hybridized carbons (Fsp3) is 0.250. The van der Waals surface area contributed by atoms with E-state index < -0.39 is 12.0 Å². The maximum atomic E-state index is 12.1. The van der Waals surface area contributed by atoms with E-state index in [2.05, 4.69) is 15.3 Å². The van der Waals surface area contributed by atoms with Crippen LogP contribution in [-0.4, -0.2) is 69.5 Å². The molecule has 13 heteroatoms. The predicted octanol–water partition coefficient (Wildman–Crippen LogP) is 0.826.